The first kappa shape index (κ1) is 23.4. The lowest BCUT2D eigenvalue weighted by atomic mass is 9.85. The molecule has 1 fully saturated rings. The fraction of sp³-hybridized carbons (Fsp3) is 0.400. The largest absolute Gasteiger partial charge is 0.310 e. The molecule has 3 aromatic rings. The highest BCUT2D eigenvalue weighted by Gasteiger charge is 2.20. The lowest BCUT2D eigenvalue weighted by Crippen LogP contribution is -2.29. The van der Waals surface area contributed by atoms with Crippen LogP contribution in [-0.4, -0.2) is 24.0 Å². The molecule has 0 amide bonds. The van der Waals surface area contributed by atoms with E-state index in [1.165, 1.54) is 61.3 Å². The lowest BCUT2D eigenvalue weighted by molar-refractivity contribution is 0.305. The first-order valence-corrected chi connectivity index (χ1v) is 13.0. The highest BCUT2D eigenvalue weighted by molar-refractivity contribution is 7.92. The molecular weight excluding hydrogens is 439 g/mol. The fourth-order valence-corrected chi connectivity index (χ4v) is 5.65. The maximum absolute atomic E-state index is 14.6. The van der Waals surface area contributed by atoms with E-state index in [9.17, 15) is 12.8 Å². The highest BCUT2D eigenvalue weighted by Crippen LogP contribution is 2.28. The summed E-state index contributed by atoms with van der Waals surface area (Å²) in [6.07, 6.45) is 12.3. The topological polar surface area (TPSA) is 76.0 Å². The molecule has 0 spiro atoms. The van der Waals surface area contributed by atoms with Gasteiger partial charge in [0.2, 0.25) is 0 Å². The second-order valence-electron chi connectivity index (χ2n) is 8.87. The number of halogens is 1. The molecular formula is C25H31FN4O2S. The van der Waals surface area contributed by atoms with E-state index in [0.29, 0.717) is 18.3 Å². The van der Waals surface area contributed by atoms with Gasteiger partial charge < -0.3 is 9.88 Å². The zero-order chi connectivity index (χ0) is 23.3. The van der Waals surface area contributed by atoms with Crippen LogP contribution >= 0.6 is 0 Å². The fourth-order valence-electron chi connectivity index (χ4n) is 4.53. The van der Waals surface area contributed by atoms with Gasteiger partial charge in [-0.2, -0.15) is 0 Å². The Morgan fingerprint density at radius 2 is 1.94 bits per heavy atom. The third-order valence-electron chi connectivity index (χ3n) is 6.33. The Morgan fingerprint density at radius 3 is 2.67 bits per heavy atom. The smallest absolute Gasteiger partial charge is 0.262 e. The van der Waals surface area contributed by atoms with E-state index in [-0.39, 0.29) is 10.6 Å². The van der Waals surface area contributed by atoms with Gasteiger partial charge in [0.05, 0.1) is 22.6 Å². The van der Waals surface area contributed by atoms with Crippen LogP contribution in [0.4, 0.5) is 10.1 Å². The molecule has 0 aliphatic heterocycles. The van der Waals surface area contributed by atoms with Crippen LogP contribution in [0.2, 0.25) is 0 Å². The van der Waals surface area contributed by atoms with Crippen LogP contribution in [0, 0.1) is 11.7 Å². The third-order valence-corrected chi connectivity index (χ3v) is 7.69. The van der Waals surface area contributed by atoms with Crippen molar-refractivity contribution in [3.8, 4) is 5.69 Å². The van der Waals surface area contributed by atoms with Crippen molar-refractivity contribution in [1.29, 1.82) is 0 Å². The molecule has 6 nitrogen and oxygen atoms in total. The Labute approximate surface area is 195 Å². The number of rotatable bonds is 9. The number of aromatic nitrogens is 2. The van der Waals surface area contributed by atoms with Crippen LogP contribution in [0.1, 0.15) is 51.0 Å². The van der Waals surface area contributed by atoms with Crippen LogP contribution in [0.15, 0.2) is 66.1 Å². The average Bonchev–Trinajstić information content (AvgIpc) is 3.33. The van der Waals surface area contributed by atoms with Gasteiger partial charge in [-0.15, -0.1) is 0 Å². The van der Waals surface area contributed by atoms with Crippen molar-refractivity contribution in [2.75, 3.05) is 4.72 Å². The standard InChI is InChI=1S/C25H31FN4O2S/c1-19(15-20-7-3-2-4-8-20)28-17-21-9-5-6-10-24(21)29-33(31,32)22-11-12-25(23(26)16-22)30-14-13-27-18-30/h5-6,9-14,16,18-20,28-29H,2-4,7-8,15,17H2,1H3. The van der Waals surface area contributed by atoms with Gasteiger partial charge in [0, 0.05) is 25.0 Å². The number of para-hydroxylation sites is 1. The zero-order valence-corrected chi connectivity index (χ0v) is 19.7. The van der Waals surface area contributed by atoms with Crippen molar-refractivity contribution in [1.82, 2.24) is 14.9 Å². The lowest BCUT2D eigenvalue weighted by Gasteiger charge is -2.25. The van der Waals surface area contributed by atoms with Gasteiger partial charge in [0.25, 0.3) is 10.0 Å². The van der Waals surface area contributed by atoms with Gasteiger partial charge in [-0.1, -0.05) is 50.3 Å². The van der Waals surface area contributed by atoms with Crippen molar-refractivity contribution in [3.63, 3.8) is 0 Å². The Hall–Kier alpha value is -2.71. The molecule has 4 rings (SSSR count). The SMILES string of the molecule is CC(CC1CCCCC1)NCc1ccccc1NS(=O)(=O)c1ccc(-n2ccnc2)c(F)c1. The van der Waals surface area contributed by atoms with Crippen molar-refractivity contribution >= 4 is 15.7 Å². The Morgan fingerprint density at radius 1 is 1.15 bits per heavy atom. The highest BCUT2D eigenvalue weighted by atomic mass is 32.2. The maximum atomic E-state index is 14.6. The molecule has 8 heteroatoms. The Kier molecular flexibility index (Phi) is 7.45. The number of imidazole rings is 1. The van der Waals surface area contributed by atoms with Crippen molar-refractivity contribution in [3.05, 3.63) is 72.6 Å². The minimum Gasteiger partial charge on any atom is -0.310 e. The summed E-state index contributed by atoms with van der Waals surface area (Å²) in [7, 11) is -3.95. The number of anilines is 1. The van der Waals surface area contributed by atoms with Crippen LogP contribution in [0.5, 0.6) is 0 Å². The van der Waals surface area contributed by atoms with Crippen LogP contribution in [0.25, 0.3) is 5.69 Å². The van der Waals surface area contributed by atoms with Crippen LogP contribution in [-0.2, 0) is 16.6 Å². The Bertz CT molecular complexity index is 1160. The van der Waals surface area contributed by atoms with Gasteiger partial charge in [-0.25, -0.2) is 17.8 Å². The summed E-state index contributed by atoms with van der Waals surface area (Å²) in [5, 5.41) is 3.54. The molecule has 1 aromatic heterocycles. The van der Waals surface area contributed by atoms with Crippen LogP contribution in [0.3, 0.4) is 0 Å². The zero-order valence-electron chi connectivity index (χ0n) is 18.9. The molecule has 2 aromatic carbocycles. The van der Waals surface area contributed by atoms with Gasteiger partial charge >= 0.3 is 0 Å². The van der Waals surface area contributed by atoms with Gasteiger partial charge in [-0.3, -0.25) is 4.72 Å². The summed E-state index contributed by atoms with van der Waals surface area (Å²) in [5.41, 5.74) is 1.59. The number of nitrogens with one attached hydrogen (secondary N) is 2. The molecule has 1 heterocycles. The quantitative estimate of drug-likeness (QED) is 0.447. The number of benzene rings is 2. The minimum atomic E-state index is -3.95. The first-order chi connectivity index (χ1) is 15.9. The van der Waals surface area contributed by atoms with Crippen molar-refractivity contribution < 1.29 is 12.8 Å². The second kappa shape index (κ2) is 10.5. The molecule has 1 aliphatic carbocycles. The van der Waals surface area contributed by atoms with Gasteiger partial charge in [0.1, 0.15) is 5.82 Å². The molecule has 0 bridgehead atoms. The average molecular weight is 471 g/mol. The normalized spacial score (nSPS) is 15.9. The number of sulfonamides is 1. The molecule has 2 N–H and O–H groups in total. The second-order valence-corrected chi connectivity index (χ2v) is 10.5. The molecule has 1 saturated carbocycles. The van der Waals surface area contributed by atoms with Gasteiger partial charge in [-0.05, 0) is 49.1 Å². The summed E-state index contributed by atoms with van der Waals surface area (Å²) < 4.78 is 44.7. The molecule has 0 saturated heterocycles. The maximum Gasteiger partial charge on any atom is 0.262 e. The predicted molar refractivity (Wildman–Crippen MR) is 128 cm³/mol. The molecule has 1 atom stereocenters. The number of hydrogen-bond acceptors (Lipinski definition) is 4. The van der Waals surface area contributed by atoms with Crippen molar-refractivity contribution in [2.45, 2.75) is 62.9 Å². The van der Waals surface area contributed by atoms with Crippen molar-refractivity contribution in [2.24, 2.45) is 5.92 Å². The summed E-state index contributed by atoms with van der Waals surface area (Å²) in [4.78, 5) is 3.77. The van der Waals surface area contributed by atoms with Gasteiger partial charge in [0.15, 0.2) is 0 Å². The summed E-state index contributed by atoms with van der Waals surface area (Å²) in [6, 6.07) is 11.5. The van der Waals surface area contributed by atoms with E-state index in [2.05, 4.69) is 21.9 Å². The minimum absolute atomic E-state index is 0.128. The third kappa shape index (κ3) is 6.00. The number of hydrogen-bond donors (Lipinski definition) is 2. The number of nitrogens with zero attached hydrogens (tertiary/aromatic N) is 2. The summed E-state index contributed by atoms with van der Waals surface area (Å²) >= 11 is 0. The predicted octanol–water partition coefficient (Wildman–Crippen LogP) is 5.26. The van der Waals surface area contributed by atoms with E-state index >= 15 is 0 Å². The molecule has 0 radical (unpaired) electrons. The van der Waals surface area contributed by atoms with E-state index in [1.54, 1.807) is 18.3 Å². The summed E-state index contributed by atoms with van der Waals surface area (Å²) in [6.45, 7) is 2.74. The van der Waals surface area contributed by atoms with E-state index in [4.69, 9.17) is 0 Å². The molecule has 33 heavy (non-hydrogen) atoms. The van der Waals surface area contributed by atoms with E-state index < -0.39 is 15.8 Å². The summed E-state index contributed by atoms with van der Waals surface area (Å²) in [5.74, 6) is 0.137. The molecule has 1 aliphatic rings. The Balaban J connectivity index is 1.43. The van der Waals surface area contributed by atoms with Crippen LogP contribution < -0.4 is 10.0 Å². The molecule has 1 unspecified atom stereocenters. The molecule has 176 valence electrons. The monoisotopic (exact) mass is 470 g/mol. The van der Waals surface area contributed by atoms with E-state index in [0.717, 1.165) is 24.0 Å². The van der Waals surface area contributed by atoms with E-state index in [1.807, 2.05) is 12.1 Å². The first-order valence-electron chi connectivity index (χ1n) is 11.5.